The van der Waals surface area contributed by atoms with Crippen LogP contribution >= 0.6 is 0 Å². The number of carboxylic acid groups (broad SMARTS) is 1. The van der Waals surface area contributed by atoms with Crippen molar-refractivity contribution in [2.75, 3.05) is 14.2 Å². The second-order valence-electron chi connectivity index (χ2n) is 4.17. The average Bonchev–Trinajstić information content (AvgIpc) is 2.38. The molecule has 2 unspecified atom stereocenters. The molecule has 0 radical (unpaired) electrons. The molecule has 0 aromatic heterocycles. The fourth-order valence-corrected chi connectivity index (χ4v) is 1.84. The minimum absolute atomic E-state index is 0.0683. The van der Waals surface area contributed by atoms with Crippen molar-refractivity contribution in [3.8, 4) is 5.75 Å². The molecule has 0 aliphatic carbocycles. The molecule has 6 heteroatoms. The van der Waals surface area contributed by atoms with Gasteiger partial charge in [-0.05, 0) is 31.2 Å². The molecule has 19 heavy (non-hydrogen) atoms. The first-order chi connectivity index (χ1) is 8.99. The number of carboxylic acids is 1. The monoisotopic (exact) mass is 271 g/mol. The lowest BCUT2D eigenvalue weighted by Crippen LogP contribution is -2.32. The van der Waals surface area contributed by atoms with E-state index in [2.05, 4.69) is 5.32 Å². The first kappa shape index (κ1) is 15.4. The lowest BCUT2D eigenvalue weighted by molar-refractivity contribution is -0.137. The van der Waals surface area contributed by atoms with E-state index < -0.39 is 23.9 Å². The molecule has 1 aromatic carbocycles. The van der Waals surface area contributed by atoms with Gasteiger partial charge in [-0.15, -0.1) is 0 Å². The molecule has 0 amide bonds. The molecule has 0 aliphatic rings. The summed E-state index contributed by atoms with van der Waals surface area (Å²) in [5, 5.41) is 21.6. The third-order valence-corrected chi connectivity index (χ3v) is 2.94. The Morgan fingerprint density at radius 1 is 1.53 bits per heavy atom. The molecule has 0 fully saturated rings. The third kappa shape index (κ3) is 4.18. The Balaban J connectivity index is 2.81. The number of ether oxygens (including phenoxy) is 1. The van der Waals surface area contributed by atoms with Crippen molar-refractivity contribution in [2.24, 2.45) is 0 Å². The Hall–Kier alpha value is -1.66. The van der Waals surface area contributed by atoms with Gasteiger partial charge in [0.2, 0.25) is 0 Å². The highest BCUT2D eigenvalue weighted by atomic mass is 19.1. The van der Waals surface area contributed by atoms with Crippen molar-refractivity contribution in [1.29, 1.82) is 0 Å². The molecule has 2 atom stereocenters. The summed E-state index contributed by atoms with van der Waals surface area (Å²) in [5.41, 5.74) is 0.378. The molecule has 0 heterocycles. The maximum Gasteiger partial charge on any atom is 0.303 e. The van der Waals surface area contributed by atoms with Crippen molar-refractivity contribution >= 4 is 5.97 Å². The quantitative estimate of drug-likeness (QED) is 0.697. The number of methoxy groups -OCH3 is 1. The van der Waals surface area contributed by atoms with Crippen molar-refractivity contribution in [3.63, 3.8) is 0 Å². The number of hydrogen-bond donors (Lipinski definition) is 3. The van der Waals surface area contributed by atoms with E-state index in [9.17, 15) is 14.3 Å². The molecule has 0 saturated carbocycles. The maximum atomic E-state index is 13.5. The van der Waals surface area contributed by atoms with Gasteiger partial charge >= 0.3 is 5.97 Å². The fraction of sp³-hybridized carbons (Fsp3) is 0.462. The van der Waals surface area contributed by atoms with Crippen LogP contribution in [0.25, 0.3) is 0 Å². The summed E-state index contributed by atoms with van der Waals surface area (Å²) in [7, 11) is 2.98. The van der Waals surface area contributed by atoms with E-state index in [0.29, 0.717) is 5.56 Å². The summed E-state index contributed by atoms with van der Waals surface area (Å²) in [6.07, 6.45) is -0.799. The zero-order valence-corrected chi connectivity index (χ0v) is 10.9. The van der Waals surface area contributed by atoms with Gasteiger partial charge in [-0.3, -0.25) is 4.79 Å². The minimum Gasteiger partial charge on any atom is -0.494 e. The van der Waals surface area contributed by atoms with Crippen LogP contribution in [0.3, 0.4) is 0 Å². The molecule has 0 spiro atoms. The Morgan fingerprint density at radius 3 is 2.68 bits per heavy atom. The van der Waals surface area contributed by atoms with E-state index in [1.54, 1.807) is 13.1 Å². The molecule has 5 nitrogen and oxygen atoms in total. The Kier molecular flexibility index (Phi) is 5.72. The standard InChI is InChI=1S/C13H18FNO4/c1-15-10(4-6-12(16)17)13(18)8-3-5-11(19-2)9(14)7-8/h3,5,7,10,13,15,18H,4,6H2,1-2H3,(H,16,17). The maximum absolute atomic E-state index is 13.5. The van der Waals surface area contributed by atoms with Crippen LogP contribution in [0.5, 0.6) is 5.75 Å². The summed E-state index contributed by atoms with van der Waals surface area (Å²) in [5.74, 6) is -1.40. The highest BCUT2D eigenvalue weighted by Crippen LogP contribution is 2.25. The first-order valence-corrected chi connectivity index (χ1v) is 5.90. The van der Waals surface area contributed by atoms with Crippen molar-refractivity contribution in [2.45, 2.75) is 25.0 Å². The zero-order valence-electron chi connectivity index (χ0n) is 10.9. The van der Waals surface area contributed by atoms with E-state index in [1.807, 2.05) is 0 Å². The summed E-state index contributed by atoms with van der Waals surface area (Å²) in [6, 6.07) is 3.72. The third-order valence-electron chi connectivity index (χ3n) is 2.94. The summed E-state index contributed by atoms with van der Waals surface area (Å²) >= 11 is 0. The van der Waals surface area contributed by atoms with E-state index in [1.165, 1.54) is 19.2 Å². The number of carbonyl (C=O) groups is 1. The van der Waals surface area contributed by atoms with Crippen LogP contribution in [0.4, 0.5) is 4.39 Å². The molecule has 1 rings (SSSR count). The largest absolute Gasteiger partial charge is 0.494 e. The number of nitrogens with one attached hydrogen (secondary N) is 1. The highest BCUT2D eigenvalue weighted by molar-refractivity contribution is 5.66. The molecule has 1 aromatic rings. The average molecular weight is 271 g/mol. The molecule has 106 valence electrons. The second-order valence-corrected chi connectivity index (χ2v) is 4.17. The number of rotatable bonds is 7. The normalized spacial score (nSPS) is 13.9. The predicted octanol–water partition coefficient (Wildman–Crippen LogP) is 1.32. The molecule has 3 N–H and O–H groups in total. The van der Waals surface area contributed by atoms with Crippen LogP contribution in [0.1, 0.15) is 24.5 Å². The van der Waals surface area contributed by atoms with Gasteiger partial charge in [0.15, 0.2) is 11.6 Å². The van der Waals surface area contributed by atoms with Gasteiger partial charge in [0, 0.05) is 12.5 Å². The van der Waals surface area contributed by atoms with Gasteiger partial charge in [-0.25, -0.2) is 4.39 Å². The summed E-state index contributed by atoms with van der Waals surface area (Å²) < 4.78 is 18.3. The zero-order chi connectivity index (χ0) is 14.4. The lowest BCUT2D eigenvalue weighted by Gasteiger charge is -2.22. The van der Waals surface area contributed by atoms with Gasteiger partial charge in [-0.1, -0.05) is 6.07 Å². The topological polar surface area (TPSA) is 78.8 Å². The fourth-order valence-electron chi connectivity index (χ4n) is 1.84. The van der Waals surface area contributed by atoms with Crippen LogP contribution in [0.15, 0.2) is 18.2 Å². The number of hydrogen-bond acceptors (Lipinski definition) is 4. The predicted molar refractivity (Wildman–Crippen MR) is 67.6 cm³/mol. The molecule has 0 saturated heterocycles. The van der Waals surface area contributed by atoms with Crippen LogP contribution < -0.4 is 10.1 Å². The SMILES string of the molecule is CNC(CCC(=O)O)C(O)c1ccc(OC)c(F)c1. The van der Waals surface area contributed by atoms with E-state index in [4.69, 9.17) is 9.84 Å². The van der Waals surface area contributed by atoms with E-state index in [0.717, 1.165) is 0 Å². The van der Waals surface area contributed by atoms with Crippen LogP contribution in [-0.4, -0.2) is 36.4 Å². The highest BCUT2D eigenvalue weighted by Gasteiger charge is 2.21. The smallest absolute Gasteiger partial charge is 0.303 e. The Labute approximate surface area is 111 Å². The Bertz CT molecular complexity index is 439. The number of aliphatic hydroxyl groups is 1. The van der Waals surface area contributed by atoms with Crippen LogP contribution in [-0.2, 0) is 4.79 Å². The number of halogens is 1. The molecule has 0 aliphatic heterocycles. The van der Waals surface area contributed by atoms with Gasteiger partial charge in [0.25, 0.3) is 0 Å². The van der Waals surface area contributed by atoms with Gasteiger partial charge in [-0.2, -0.15) is 0 Å². The first-order valence-electron chi connectivity index (χ1n) is 5.90. The Morgan fingerprint density at radius 2 is 2.21 bits per heavy atom. The lowest BCUT2D eigenvalue weighted by atomic mass is 9.98. The van der Waals surface area contributed by atoms with Gasteiger partial charge in [0.1, 0.15) is 0 Å². The summed E-state index contributed by atoms with van der Waals surface area (Å²) in [4.78, 5) is 10.5. The van der Waals surface area contributed by atoms with Crippen LogP contribution in [0.2, 0.25) is 0 Å². The molecule has 0 bridgehead atoms. The van der Waals surface area contributed by atoms with Crippen LogP contribution in [0, 0.1) is 5.82 Å². The van der Waals surface area contributed by atoms with Crippen molar-refractivity contribution in [1.82, 2.24) is 5.32 Å². The van der Waals surface area contributed by atoms with Crippen molar-refractivity contribution < 1.29 is 24.1 Å². The number of aliphatic hydroxyl groups excluding tert-OH is 1. The van der Waals surface area contributed by atoms with E-state index >= 15 is 0 Å². The van der Waals surface area contributed by atoms with E-state index in [-0.39, 0.29) is 18.6 Å². The van der Waals surface area contributed by atoms with Gasteiger partial charge in [0.05, 0.1) is 13.2 Å². The molecular formula is C13H18FNO4. The number of benzene rings is 1. The molecular weight excluding hydrogens is 253 g/mol. The number of likely N-dealkylation sites (N-methyl/N-ethyl adjacent to an activating group) is 1. The minimum atomic E-state index is -0.982. The van der Waals surface area contributed by atoms with Crippen molar-refractivity contribution in [3.05, 3.63) is 29.6 Å². The second kappa shape index (κ2) is 7.06. The summed E-state index contributed by atoms with van der Waals surface area (Å²) in [6.45, 7) is 0. The van der Waals surface area contributed by atoms with Gasteiger partial charge < -0.3 is 20.3 Å². The number of aliphatic carboxylic acids is 1.